The van der Waals surface area contributed by atoms with Gasteiger partial charge in [-0.1, -0.05) is 6.92 Å². The minimum Gasteiger partial charge on any atom is -0.263 e. The van der Waals surface area contributed by atoms with Gasteiger partial charge in [-0.2, -0.15) is 0 Å². The molecule has 0 aromatic heterocycles. The van der Waals surface area contributed by atoms with Crippen LogP contribution in [0.15, 0.2) is 0 Å². The van der Waals surface area contributed by atoms with Crippen LogP contribution >= 0.6 is 11.6 Å². The molecule has 0 radical (unpaired) electrons. The zero-order valence-corrected chi connectivity index (χ0v) is 10.2. The number of alkyl halides is 1. The van der Waals surface area contributed by atoms with Crippen molar-refractivity contribution in [3.63, 3.8) is 0 Å². The highest BCUT2D eigenvalue weighted by atomic mass is 35.5. The van der Waals surface area contributed by atoms with Crippen LogP contribution in [-0.4, -0.2) is 47.1 Å². The second kappa shape index (κ2) is 5.30. The summed E-state index contributed by atoms with van der Waals surface area (Å²) < 4.78 is 0. The summed E-state index contributed by atoms with van der Waals surface area (Å²) in [5.74, 6) is -0.596. The van der Waals surface area contributed by atoms with Crippen molar-refractivity contribution in [3.8, 4) is 0 Å². The van der Waals surface area contributed by atoms with Crippen LogP contribution in [0.3, 0.4) is 0 Å². The molecule has 1 aliphatic rings. The van der Waals surface area contributed by atoms with Gasteiger partial charge in [0, 0.05) is 19.5 Å². The van der Waals surface area contributed by atoms with Crippen molar-refractivity contribution in [2.45, 2.75) is 19.8 Å². The molecule has 5 nitrogen and oxygen atoms in total. The zero-order valence-electron chi connectivity index (χ0n) is 9.40. The highest BCUT2D eigenvalue weighted by Crippen LogP contribution is 2.14. The first-order valence-corrected chi connectivity index (χ1v) is 5.72. The Morgan fingerprint density at radius 3 is 2.25 bits per heavy atom. The summed E-state index contributed by atoms with van der Waals surface area (Å²) >= 11 is 5.59. The average molecular weight is 247 g/mol. The fourth-order valence-corrected chi connectivity index (χ4v) is 1.86. The Bertz CT molecular complexity index is 319. The second-order valence-electron chi connectivity index (χ2n) is 3.98. The Morgan fingerprint density at radius 2 is 1.81 bits per heavy atom. The molecule has 4 amide bonds. The Morgan fingerprint density at radius 1 is 1.19 bits per heavy atom. The Kier molecular flexibility index (Phi) is 4.29. The molecule has 0 N–H and O–H groups in total. The topological polar surface area (TPSA) is 57.7 Å². The van der Waals surface area contributed by atoms with E-state index in [0.29, 0.717) is 18.2 Å². The fourth-order valence-electron chi connectivity index (χ4n) is 1.49. The first-order valence-electron chi connectivity index (χ1n) is 5.18. The minimum absolute atomic E-state index is 0.284. The standard InChI is InChI=1S/C10H15ClN2O3/c1-7(3-5-11)4-6-13-9(15)8(14)12(2)10(13)16/h7H,3-6H2,1-2H3. The maximum Gasteiger partial charge on any atom is 0.333 e. The van der Waals surface area contributed by atoms with Crippen molar-refractivity contribution in [2.75, 3.05) is 19.5 Å². The number of amides is 4. The average Bonchev–Trinajstić information content (AvgIpc) is 2.42. The quantitative estimate of drug-likeness (QED) is 0.414. The SMILES string of the molecule is CC(CCCl)CCN1C(=O)C(=O)N(C)C1=O. The van der Waals surface area contributed by atoms with Crippen molar-refractivity contribution in [1.82, 2.24) is 9.80 Å². The lowest BCUT2D eigenvalue weighted by Gasteiger charge is -2.15. The number of carbonyl (C=O) groups is 3. The molecule has 1 fully saturated rings. The largest absolute Gasteiger partial charge is 0.333 e. The molecule has 1 saturated heterocycles. The smallest absolute Gasteiger partial charge is 0.263 e. The van der Waals surface area contributed by atoms with Gasteiger partial charge in [-0.3, -0.25) is 19.4 Å². The summed E-state index contributed by atoms with van der Waals surface area (Å²) in [6.07, 6.45) is 1.51. The van der Waals surface area contributed by atoms with E-state index < -0.39 is 17.8 Å². The van der Waals surface area contributed by atoms with Gasteiger partial charge in [0.1, 0.15) is 0 Å². The normalized spacial score (nSPS) is 18.6. The van der Waals surface area contributed by atoms with Gasteiger partial charge in [-0.15, -0.1) is 11.6 Å². The monoisotopic (exact) mass is 246 g/mol. The molecular weight excluding hydrogens is 232 g/mol. The van der Waals surface area contributed by atoms with E-state index in [0.717, 1.165) is 16.2 Å². The Labute approximate surface area is 99.3 Å². The number of hydrogen-bond donors (Lipinski definition) is 0. The van der Waals surface area contributed by atoms with E-state index >= 15 is 0 Å². The molecule has 1 rings (SSSR count). The number of hydrogen-bond acceptors (Lipinski definition) is 3. The maximum absolute atomic E-state index is 11.5. The van der Waals surface area contributed by atoms with Gasteiger partial charge in [-0.05, 0) is 18.8 Å². The van der Waals surface area contributed by atoms with E-state index in [2.05, 4.69) is 0 Å². The molecule has 6 heteroatoms. The van der Waals surface area contributed by atoms with E-state index in [-0.39, 0.29) is 6.54 Å². The van der Waals surface area contributed by atoms with Crippen LogP contribution in [0.4, 0.5) is 4.79 Å². The van der Waals surface area contributed by atoms with E-state index in [1.165, 1.54) is 7.05 Å². The highest BCUT2D eigenvalue weighted by Gasteiger charge is 2.41. The molecule has 90 valence electrons. The van der Waals surface area contributed by atoms with Crippen molar-refractivity contribution in [2.24, 2.45) is 5.92 Å². The van der Waals surface area contributed by atoms with Crippen LogP contribution in [-0.2, 0) is 9.59 Å². The first kappa shape index (κ1) is 13.0. The van der Waals surface area contributed by atoms with Crippen LogP contribution in [0.5, 0.6) is 0 Å². The molecule has 1 unspecified atom stereocenters. The number of urea groups is 1. The van der Waals surface area contributed by atoms with E-state index in [1.807, 2.05) is 6.92 Å². The lowest BCUT2D eigenvalue weighted by atomic mass is 10.1. The van der Waals surface area contributed by atoms with Crippen LogP contribution in [0.1, 0.15) is 19.8 Å². The van der Waals surface area contributed by atoms with Crippen molar-refractivity contribution < 1.29 is 14.4 Å². The van der Waals surface area contributed by atoms with Gasteiger partial charge in [0.05, 0.1) is 0 Å². The lowest BCUT2D eigenvalue weighted by Crippen LogP contribution is -2.33. The van der Waals surface area contributed by atoms with Gasteiger partial charge < -0.3 is 0 Å². The fraction of sp³-hybridized carbons (Fsp3) is 0.700. The van der Waals surface area contributed by atoms with Crippen molar-refractivity contribution in [3.05, 3.63) is 0 Å². The molecule has 0 aromatic carbocycles. The van der Waals surface area contributed by atoms with Crippen LogP contribution in [0, 0.1) is 5.92 Å². The molecule has 16 heavy (non-hydrogen) atoms. The number of likely N-dealkylation sites (N-methyl/N-ethyl adjacent to an activating group) is 1. The molecule has 1 atom stereocenters. The summed E-state index contributed by atoms with van der Waals surface area (Å²) in [7, 11) is 1.31. The summed E-state index contributed by atoms with van der Waals surface area (Å²) in [4.78, 5) is 35.9. The van der Waals surface area contributed by atoms with Crippen LogP contribution in [0.25, 0.3) is 0 Å². The summed E-state index contributed by atoms with van der Waals surface area (Å²) in [5, 5.41) is 0. The molecule has 0 aliphatic carbocycles. The van der Waals surface area contributed by atoms with E-state index in [1.54, 1.807) is 0 Å². The summed E-state index contributed by atoms with van der Waals surface area (Å²) in [6, 6.07) is -0.534. The molecule has 1 heterocycles. The molecule has 0 saturated carbocycles. The van der Waals surface area contributed by atoms with Gasteiger partial charge in [0.25, 0.3) is 0 Å². The molecular formula is C10H15ClN2O3. The zero-order chi connectivity index (χ0) is 12.3. The summed E-state index contributed by atoms with van der Waals surface area (Å²) in [6.45, 7) is 2.28. The van der Waals surface area contributed by atoms with Gasteiger partial charge in [-0.25, -0.2) is 4.79 Å². The van der Waals surface area contributed by atoms with Gasteiger partial charge >= 0.3 is 17.8 Å². The number of carbonyl (C=O) groups excluding carboxylic acids is 3. The predicted molar refractivity (Wildman–Crippen MR) is 59.0 cm³/mol. The number of imide groups is 2. The van der Waals surface area contributed by atoms with Gasteiger partial charge in [0.15, 0.2) is 0 Å². The Hall–Kier alpha value is -1.10. The van der Waals surface area contributed by atoms with Gasteiger partial charge in [0.2, 0.25) is 0 Å². The molecule has 1 aliphatic heterocycles. The van der Waals surface area contributed by atoms with Crippen LogP contribution < -0.4 is 0 Å². The number of halogens is 1. The maximum atomic E-state index is 11.5. The first-order chi connectivity index (χ1) is 7.49. The Balaban J connectivity index is 2.52. The van der Waals surface area contributed by atoms with E-state index in [4.69, 9.17) is 11.6 Å². The minimum atomic E-state index is -0.755. The number of rotatable bonds is 5. The predicted octanol–water partition coefficient (Wildman–Crippen LogP) is 1.06. The number of nitrogens with zero attached hydrogens (tertiary/aromatic N) is 2. The van der Waals surface area contributed by atoms with E-state index in [9.17, 15) is 14.4 Å². The lowest BCUT2D eigenvalue weighted by molar-refractivity contribution is -0.142. The van der Waals surface area contributed by atoms with Crippen molar-refractivity contribution in [1.29, 1.82) is 0 Å². The third-order valence-electron chi connectivity index (χ3n) is 2.70. The van der Waals surface area contributed by atoms with Crippen molar-refractivity contribution >= 4 is 29.4 Å². The summed E-state index contributed by atoms with van der Waals surface area (Å²) in [5.41, 5.74) is 0. The van der Waals surface area contributed by atoms with Crippen LogP contribution in [0.2, 0.25) is 0 Å². The highest BCUT2D eigenvalue weighted by molar-refractivity contribution is 6.44. The second-order valence-corrected chi connectivity index (χ2v) is 4.35. The molecule has 0 aromatic rings. The molecule has 0 bridgehead atoms. The molecule has 0 spiro atoms. The third-order valence-corrected chi connectivity index (χ3v) is 2.92. The third kappa shape index (κ3) is 2.52.